The first-order valence-corrected chi connectivity index (χ1v) is 12.1. The molecule has 0 bridgehead atoms. The molecule has 12 heteroatoms. The lowest BCUT2D eigenvalue weighted by Gasteiger charge is -2.33. The number of hydrogen-bond donors (Lipinski definition) is 3. The van der Waals surface area contributed by atoms with Gasteiger partial charge in [-0.3, -0.25) is 9.59 Å². The van der Waals surface area contributed by atoms with Crippen molar-refractivity contribution in [1.82, 2.24) is 29.4 Å². The second-order valence-corrected chi connectivity index (χ2v) is 9.17. The van der Waals surface area contributed by atoms with E-state index in [-0.39, 0.29) is 22.8 Å². The summed E-state index contributed by atoms with van der Waals surface area (Å²) in [6, 6.07) is 6.93. The molecule has 3 atom stereocenters. The number of rotatable bonds is 8. The van der Waals surface area contributed by atoms with Gasteiger partial charge in [-0.1, -0.05) is 0 Å². The average molecular weight is 494 g/mol. The van der Waals surface area contributed by atoms with Crippen LogP contribution in [0, 0.1) is 11.3 Å². The van der Waals surface area contributed by atoms with Crippen molar-refractivity contribution in [2.45, 2.75) is 43.9 Å². The number of piperidine rings is 1. The van der Waals surface area contributed by atoms with Gasteiger partial charge in [-0.15, -0.1) is 0 Å². The number of likely N-dealkylation sites (tertiary alicyclic amines) is 1. The van der Waals surface area contributed by atoms with E-state index in [2.05, 4.69) is 37.0 Å². The predicted molar refractivity (Wildman–Crippen MR) is 132 cm³/mol. The third kappa shape index (κ3) is 4.74. The van der Waals surface area contributed by atoms with Crippen LogP contribution in [0.15, 0.2) is 35.4 Å². The van der Waals surface area contributed by atoms with E-state index in [0.29, 0.717) is 43.3 Å². The Labute approximate surface area is 206 Å². The SMILES string of the molecule is CNc1cc(Nc2cccn(C3CCCN(CCC#N)C3)c2=O)nc2c(C(=O)N[C@@H]3C[C@@H]3F)cnn12. The van der Waals surface area contributed by atoms with Crippen LogP contribution in [0.1, 0.15) is 42.1 Å². The van der Waals surface area contributed by atoms with Crippen molar-refractivity contribution in [2.75, 3.05) is 37.3 Å². The summed E-state index contributed by atoms with van der Waals surface area (Å²) in [5, 5.41) is 21.9. The lowest BCUT2D eigenvalue weighted by molar-refractivity contribution is 0.0949. The summed E-state index contributed by atoms with van der Waals surface area (Å²) in [5.41, 5.74) is 0.690. The first-order valence-electron chi connectivity index (χ1n) is 12.1. The van der Waals surface area contributed by atoms with Gasteiger partial charge in [-0.25, -0.2) is 9.37 Å². The summed E-state index contributed by atoms with van der Waals surface area (Å²) in [4.78, 5) is 32.8. The molecule has 5 rings (SSSR count). The van der Waals surface area contributed by atoms with Crippen LogP contribution in [-0.2, 0) is 0 Å². The standard InChI is InChI=1S/C24H28FN9O2/c1-27-21-12-20(31-22-16(13-28-34(21)22)23(35)30-19-11-17(19)25)29-18-6-3-10-33(24(18)36)15-5-2-8-32(14-15)9-4-7-26/h3,6,10,12-13,15,17,19,27H,2,4-5,8-9,11,14H2,1H3,(H,29,31)(H,30,35)/t15?,17-,19+/m0/s1. The number of hydrogen-bond acceptors (Lipinski definition) is 8. The lowest BCUT2D eigenvalue weighted by Crippen LogP contribution is -2.40. The molecule has 0 radical (unpaired) electrons. The summed E-state index contributed by atoms with van der Waals surface area (Å²) in [5.74, 6) is 0.487. The minimum absolute atomic E-state index is 0.0156. The highest BCUT2D eigenvalue weighted by Crippen LogP contribution is 2.27. The summed E-state index contributed by atoms with van der Waals surface area (Å²) in [7, 11) is 1.72. The Morgan fingerprint density at radius 2 is 2.22 bits per heavy atom. The van der Waals surface area contributed by atoms with Crippen LogP contribution >= 0.6 is 0 Å². The molecule has 1 aliphatic heterocycles. The highest BCUT2D eigenvalue weighted by molar-refractivity contribution is 6.00. The third-order valence-corrected chi connectivity index (χ3v) is 6.65. The molecule has 1 aliphatic carbocycles. The molecule has 3 aromatic rings. The Morgan fingerprint density at radius 3 is 2.97 bits per heavy atom. The monoisotopic (exact) mass is 493 g/mol. The number of anilines is 3. The van der Waals surface area contributed by atoms with E-state index >= 15 is 0 Å². The van der Waals surface area contributed by atoms with E-state index in [1.54, 1.807) is 29.9 Å². The molecule has 1 saturated heterocycles. The molecular weight excluding hydrogens is 465 g/mol. The van der Waals surface area contributed by atoms with Crippen LogP contribution in [0.4, 0.5) is 21.7 Å². The van der Waals surface area contributed by atoms with Crippen molar-refractivity contribution in [2.24, 2.45) is 0 Å². The third-order valence-electron chi connectivity index (χ3n) is 6.65. The number of aromatic nitrogens is 4. The van der Waals surface area contributed by atoms with Gasteiger partial charge in [0.25, 0.3) is 11.5 Å². The van der Waals surface area contributed by atoms with Gasteiger partial charge < -0.3 is 25.4 Å². The molecule has 188 valence electrons. The maximum absolute atomic E-state index is 13.4. The summed E-state index contributed by atoms with van der Waals surface area (Å²) < 4.78 is 16.5. The molecule has 3 N–H and O–H groups in total. The van der Waals surface area contributed by atoms with Gasteiger partial charge in [0.15, 0.2) is 5.65 Å². The Bertz CT molecular complexity index is 1380. The number of halogens is 1. The maximum Gasteiger partial charge on any atom is 0.274 e. The predicted octanol–water partition coefficient (Wildman–Crippen LogP) is 2.07. The molecule has 2 aliphatic rings. The lowest BCUT2D eigenvalue weighted by atomic mass is 10.0. The van der Waals surface area contributed by atoms with E-state index in [1.165, 1.54) is 10.7 Å². The Morgan fingerprint density at radius 1 is 1.39 bits per heavy atom. The van der Waals surface area contributed by atoms with Crippen LogP contribution in [0.25, 0.3) is 5.65 Å². The number of carbonyl (C=O) groups excluding carboxylic acids is 1. The van der Waals surface area contributed by atoms with Gasteiger partial charge in [0.2, 0.25) is 0 Å². The first kappa shape index (κ1) is 23.7. The van der Waals surface area contributed by atoms with Crippen molar-refractivity contribution in [3.63, 3.8) is 0 Å². The Balaban J connectivity index is 1.41. The van der Waals surface area contributed by atoms with Gasteiger partial charge in [0, 0.05) is 51.3 Å². The van der Waals surface area contributed by atoms with Gasteiger partial charge in [0.05, 0.1) is 18.3 Å². The van der Waals surface area contributed by atoms with Crippen molar-refractivity contribution < 1.29 is 9.18 Å². The van der Waals surface area contributed by atoms with E-state index in [0.717, 1.165) is 19.4 Å². The van der Waals surface area contributed by atoms with Crippen LogP contribution in [-0.4, -0.2) is 68.9 Å². The second-order valence-electron chi connectivity index (χ2n) is 9.17. The molecule has 0 spiro atoms. The molecule has 0 aromatic carbocycles. The molecular formula is C24H28FN9O2. The number of amides is 1. The molecule has 1 amide bonds. The highest BCUT2D eigenvalue weighted by atomic mass is 19.1. The molecule has 2 fully saturated rings. The smallest absolute Gasteiger partial charge is 0.274 e. The van der Waals surface area contributed by atoms with Crippen molar-refractivity contribution >= 4 is 28.9 Å². The number of nitrogens with zero attached hydrogens (tertiary/aromatic N) is 6. The zero-order valence-electron chi connectivity index (χ0n) is 19.9. The number of pyridine rings is 1. The summed E-state index contributed by atoms with van der Waals surface area (Å²) in [6.45, 7) is 2.34. The fraction of sp³-hybridized carbons (Fsp3) is 0.458. The zero-order chi connectivity index (χ0) is 25.2. The van der Waals surface area contributed by atoms with Crippen LogP contribution in [0.5, 0.6) is 0 Å². The molecule has 4 heterocycles. The summed E-state index contributed by atoms with van der Waals surface area (Å²) >= 11 is 0. The van der Waals surface area contributed by atoms with Gasteiger partial charge in [-0.2, -0.15) is 14.9 Å². The van der Waals surface area contributed by atoms with Gasteiger partial charge in [-0.05, 0) is 31.5 Å². The normalized spacial score (nSPS) is 21.6. The number of nitriles is 1. The largest absolute Gasteiger partial charge is 0.373 e. The van der Waals surface area contributed by atoms with Gasteiger partial charge in [0.1, 0.15) is 29.1 Å². The molecule has 1 saturated carbocycles. The molecule has 1 unspecified atom stereocenters. The number of alkyl halides is 1. The number of nitrogens with one attached hydrogen (secondary N) is 3. The van der Waals surface area contributed by atoms with Crippen molar-refractivity contribution in [1.29, 1.82) is 5.26 Å². The molecule has 3 aromatic heterocycles. The fourth-order valence-electron chi connectivity index (χ4n) is 4.62. The van der Waals surface area contributed by atoms with Gasteiger partial charge >= 0.3 is 0 Å². The maximum atomic E-state index is 13.4. The van der Waals surface area contributed by atoms with Crippen LogP contribution in [0.2, 0.25) is 0 Å². The minimum Gasteiger partial charge on any atom is -0.373 e. The topological polar surface area (TPSA) is 132 Å². The average Bonchev–Trinajstić information content (AvgIpc) is 3.40. The van der Waals surface area contributed by atoms with E-state index in [9.17, 15) is 14.0 Å². The highest BCUT2D eigenvalue weighted by Gasteiger charge is 2.39. The molecule has 36 heavy (non-hydrogen) atoms. The van der Waals surface area contributed by atoms with E-state index in [4.69, 9.17) is 5.26 Å². The fourth-order valence-corrected chi connectivity index (χ4v) is 4.62. The first-order chi connectivity index (χ1) is 17.5. The van der Waals surface area contributed by atoms with E-state index in [1.807, 2.05) is 6.07 Å². The number of carbonyl (C=O) groups is 1. The Kier molecular flexibility index (Phi) is 6.56. The zero-order valence-corrected chi connectivity index (χ0v) is 19.9. The van der Waals surface area contributed by atoms with E-state index < -0.39 is 18.1 Å². The second kappa shape index (κ2) is 9.94. The van der Waals surface area contributed by atoms with Crippen LogP contribution < -0.4 is 21.5 Å². The Hall–Kier alpha value is -3.98. The molecule has 11 nitrogen and oxygen atoms in total. The minimum atomic E-state index is -1.02. The van der Waals surface area contributed by atoms with Crippen molar-refractivity contribution in [3.8, 4) is 6.07 Å². The quantitative estimate of drug-likeness (QED) is 0.435. The summed E-state index contributed by atoms with van der Waals surface area (Å²) in [6.07, 6.45) is 4.79. The van der Waals surface area contributed by atoms with Crippen LogP contribution in [0.3, 0.4) is 0 Å². The number of fused-ring (bicyclic) bond motifs is 1. The van der Waals surface area contributed by atoms with Crippen molar-refractivity contribution in [3.05, 3.63) is 46.5 Å².